The van der Waals surface area contributed by atoms with Crippen LogP contribution in [0.4, 0.5) is 0 Å². The largest absolute Gasteiger partial charge is 0.507 e. The summed E-state index contributed by atoms with van der Waals surface area (Å²) in [6.07, 6.45) is 1.48. The van der Waals surface area contributed by atoms with Gasteiger partial charge >= 0.3 is 0 Å². The molecule has 0 aliphatic rings. The second-order valence-corrected chi connectivity index (χ2v) is 6.59. The van der Waals surface area contributed by atoms with E-state index in [4.69, 9.17) is 27.9 Å². The van der Waals surface area contributed by atoms with Crippen molar-refractivity contribution in [2.45, 2.75) is 6.61 Å². The van der Waals surface area contributed by atoms with Crippen LogP contribution in [-0.2, 0) is 6.61 Å². The molecule has 0 heterocycles. The average Bonchev–Trinajstić information content (AvgIpc) is 2.68. The number of halogens is 2. The van der Waals surface area contributed by atoms with Crippen LogP contribution in [0.25, 0.3) is 0 Å². The summed E-state index contributed by atoms with van der Waals surface area (Å²) >= 11 is 12.3. The van der Waals surface area contributed by atoms with Crippen LogP contribution in [0.1, 0.15) is 21.5 Å². The molecule has 0 aliphatic carbocycles. The maximum absolute atomic E-state index is 12.0. The second kappa shape index (κ2) is 9.26. The fraction of sp³-hybridized carbons (Fsp3) is 0.0476. The first-order valence-corrected chi connectivity index (χ1v) is 9.07. The molecule has 0 fully saturated rings. The standard InChI is InChI=1S/C21H16Cl2N2O3/c22-18-8-4-9-19(23)17(18)13-28-15-6-3-5-14(11-15)12-24-25-21(27)16-7-1-2-10-20(16)26/h1-12,26H,13H2,(H,25,27). The zero-order valence-corrected chi connectivity index (χ0v) is 16.1. The normalized spacial score (nSPS) is 10.8. The first kappa shape index (κ1) is 19.7. The summed E-state index contributed by atoms with van der Waals surface area (Å²) in [5.41, 5.74) is 3.95. The Morgan fingerprint density at radius 2 is 1.75 bits per heavy atom. The summed E-state index contributed by atoms with van der Waals surface area (Å²) in [5, 5.41) is 14.7. The molecule has 7 heteroatoms. The molecule has 2 N–H and O–H groups in total. The third kappa shape index (κ3) is 5.03. The number of ether oxygens (including phenoxy) is 1. The number of nitrogens with one attached hydrogen (secondary N) is 1. The molecule has 3 aromatic carbocycles. The number of amides is 1. The van der Waals surface area contributed by atoms with Crippen molar-refractivity contribution in [2.24, 2.45) is 5.10 Å². The van der Waals surface area contributed by atoms with Gasteiger partial charge in [0.1, 0.15) is 18.1 Å². The topological polar surface area (TPSA) is 70.9 Å². The van der Waals surface area contributed by atoms with Crippen LogP contribution in [0.5, 0.6) is 11.5 Å². The molecule has 28 heavy (non-hydrogen) atoms. The minimum Gasteiger partial charge on any atom is -0.507 e. The van der Waals surface area contributed by atoms with E-state index < -0.39 is 5.91 Å². The van der Waals surface area contributed by atoms with Gasteiger partial charge in [0, 0.05) is 15.6 Å². The van der Waals surface area contributed by atoms with Crippen LogP contribution >= 0.6 is 23.2 Å². The number of nitrogens with zero attached hydrogens (tertiary/aromatic N) is 1. The monoisotopic (exact) mass is 414 g/mol. The van der Waals surface area contributed by atoms with E-state index in [9.17, 15) is 9.90 Å². The molecular weight excluding hydrogens is 399 g/mol. The van der Waals surface area contributed by atoms with Gasteiger partial charge in [-0.15, -0.1) is 0 Å². The van der Waals surface area contributed by atoms with Crippen molar-refractivity contribution >= 4 is 35.3 Å². The van der Waals surface area contributed by atoms with Crippen molar-refractivity contribution in [1.82, 2.24) is 5.43 Å². The van der Waals surface area contributed by atoms with Gasteiger partial charge in [-0.3, -0.25) is 4.79 Å². The summed E-state index contributed by atoms with van der Waals surface area (Å²) in [5.74, 6) is -0.00841. The maximum Gasteiger partial charge on any atom is 0.275 e. The smallest absolute Gasteiger partial charge is 0.275 e. The number of benzene rings is 3. The molecule has 0 atom stereocenters. The highest BCUT2D eigenvalue weighted by molar-refractivity contribution is 6.35. The highest BCUT2D eigenvalue weighted by atomic mass is 35.5. The minimum atomic E-state index is -0.505. The molecule has 0 unspecified atom stereocenters. The van der Waals surface area contributed by atoms with E-state index in [0.29, 0.717) is 21.4 Å². The number of phenolic OH excluding ortho intramolecular Hbond substituents is 1. The van der Waals surface area contributed by atoms with Gasteiger partial charge in [0.25, 0.3) is 5.91 Å². The van der Waals surface area contributed by atoms with E-state index in [0.717, 1.165) is 5.56 Å². The molecule has 0 aliphatic heterocycles. The molecule has 0 bridgehead atoms. The van der Waals surface area contributed by atoms with Gasteiger partial charge in [-0.2, -0.15) is 5.10 Å². The first-order valence-electron chi connectivity index (χ1n) is 8.32. The van der Waals surface area contributed by atoms with E-state index in [-0.39, 0.29) is 17.9 Å². The van der Waals surface area contributed by atoms with Crippen LogP contribution in [0, 0.1) is 0 Å². The number of aromatic hydroxyl groups is 1. The number of carbonyl (C=O) groups is 1. The highest BCUT2D eigenvalue weighted by Gasteiger charge is 2.09. The van der Waals surface area contributed by atoms with Crippen LogP contribution in [-0.4, -0.2) is 17.2 Å². The van der Waals surface area contributed by atoms with Crippen molar-refractivity contribution in [2.75, 3.05) is 0 Å². The van der Waals surface area contributed by atoms with Crippen molar-refractivity contribution in [3.63, 3.8) is 0 Å². The van der Waals surface area contributed by atoms with E-state index in [2.05, 4.69) is 10.5 Å². The van der Waals surface area contributed by atoms with E-state index >= 15 is 0 Å². The van der Waals surface area contributed by atoms with Gasteiger partial charge in [0.05, 0.1) is 11.8 Å². The highest BCUT2D eigenvalue weighted by Crippen LogP contribution is 2.26. The van der Waals surface area contributed by atoms with E-state index in [1.807, 2.05) is 6.07 Å². The maximum atomic E-state index is 12.0. The van der Waals surface area contributed by atoms with Crippen LogP contribution in [0.2, 0.25) is 10.0 Å². The lowest BCUT2D eigenvalue weighted by Gasteiger charge is -2.09. The first-order chi connectivity index (χ1) is 13.5. The Morgan fingerprint density at radius 3 is 2.50 bits per heavy atom. The SMILES string of the molecule is O=C(NN=Cc1cccc(OCc2c(Cl)cccc2Cl)c1)c1ccccc1O. The number of para-hydroxylation sites is 1. The van der Waals surface area contributed by atoms with Crippen LogP contribution in [0.3, 0.4) is 0 Å². The van der Waals surface area contributed by atoms with E-state index in [1.165, 1.54) is 18.3 Å². The van der Waals surface area contributed by atoms with Crippen molar-refractivity contribution < 1.29 is 14.6 Å². The molecule has 0 saturated carbocycles. The molecule has 0 saturated heterocycles. The molecule has 0 spiro atoms. The summed E-state index contributed by atoms with van der Waals surface area (Å²) in [4.78, 5) is 12.0. The molecule has 5 nitrogen and oxygen atoms in total. The molecule has 3 rings (SSSR count). The fourth-order valence-electron chi connectivity index (χ4n) is 2.40. The Kier molecular flexibility index (Phi) is 6.53. The number of hydrogen-bond acceptors (Lipinski definition) is 4. The average molecular weight is 415 g/mol. The number of hydrogen-bond donors (Lipinski definition) is 2. The summed E-state index contributed by atoms with van der Waals surface area (Å²) in [7, 11) is 0. The minimum absolute atomic E-state index is 0.108. The van der Waals surface area contributed by atoms with Gasteiger partial charge in [-0.05, 0) is 42.0 Å². The lowest BCUT2D eigenvalue weighted by molar-refractivity contribution is 0.0952. The Bertz CT molecular complexity index is 1000. The third-order valence-electron chi connectivity index (χ3n) is 3.83. The van der Waals surface area contributed by atoms with Crippen molar-refractivity contribution in [1.29, 1.82) is 0 Å². The van der Waals surface area contributed by atoms with Gasteiger partial charge in [0.15, 0.2) is 0 Å². The second-order valence-electron chi connectivity index (χ2n) is 5.78. The summed E-state index contributed by atoms with van der Waals surface area (Å²) in [6.45, 7) is 0.225. The van der Waals surface area contributed by atoms with Gasteiger partial charge in [0.2, 0.25) is 0 Å². The number of carbonyl (C=O) groups excluding carboxylic acids is 1. The van der Waals surface area contributed by atoms with Gasteiger partial charge in [-0.25, -0.2) is 5.43 Å². The van der Waals surface area contributed by atoms with Crippen molar-refractivity contribution in [3.05, 3.63) is 93.5 Å². The number of hydrazone groups is 1. The third-order valence-corrected chi connectivity index (χ3v) is 4.54. The Balaban J connectivity index is 1.62. The summed E-state index contributed by atoms with van der Waals surface area (Å²) < 4.78 is 5.76. The Morgan fingerprint density at radius 1 is 1.04 bits per heavy atom. The Hall–Kier alpha value is -3.02. The van der Waals surface area contributed by atoms with Gasteiger partial charge < -0.3 is 9.84 Å². The van der Waals surface area contributed by atoms with Crippen LogP contribution < -0.4 is 10.2 Å². The quantitative estimate of drug-likeness (QED) is 0.438. The van der Waals surface area contributed by atoms with Gasteiger partial charge in [-0.1, -0.05) is 53.5 Å². The van der Waals surface area contributed by atoms with Crippen LogP contribution in [0.15, 0.2) is 71.8 Å². The number of phenols is 1. The fourth-order valence-corrected chi connectivity index (χ4v) is 2.91. The van der Waals surface area contributed by atoms with E-state index in [1.54, 1.807) is 48.5 Å². The molecule has 3 aromatic rings. The zero-order chi connectivity index (χ0) is 19.9. The zero-order valence-electron chi connectivity index (χ0n) is 14.6. The summed E-state index contributed by atoms with van der Waals surface area (Å²) in [6, 6.07) is 18.7. The Labute approximate surface area is 172 Å². The lowest BCUT2D eigenvalue weighted by atomic mass is 10.2. The lowest BCUT2D eigenvalue weighted by Crippen LogP contribution is -2.17. The predicted molar refractivity (Wildman–Crippen MR) is 110 cm³/mol. The molecule has 0 aromatic heterocycles. The molecule has 1 amide bonds. The predicted octanol–water partition coefficient (Wildman–Crippen LogP) is 5.04. The molecular formula is C21H16Cl2N2O3. The van der Waals surface area contributed by atoms with Crippen molar-refractivity contribution in [3.8, 4) is 11.5 Å². The number of rotatable bonds is 6. The molecule has 0 radical (unpaired) electrons. The molecule has 142 valence electrons.